The number of rotatable bonds is 5. The van der Waals surface area contributed by atoms with Crippen LogP contribution in [-0.4, -0.2) is 33.3 Å². The lowest BCUT2D eigenvalue weighted by molar-refractivity contribution is 0.394. The molecular weight excluding hydrogens is 270 g/mol. The van der Waals surface area contributed by atoms with Crippen LogP contribution < -0.4 is 10.6 Å². The molecule has 0 radical (unpaired) electrons. The highest BCUT2D eigenvalue weighted by atomic mass is 32.2. The lowest BCUT2D eigenvalue weighted by Crippen LogP contribution is -2.25. The van der Waals surface area contributed by atoms with E-state index in [0.717, 1.165) is 24.2 Å². The van der Waals surface area contributed by atoms with Crippen molar-refractivity contribution < 1.29 is 0 Å². The standard InChI is InChI=1S/C14H25N5S/c1-4-19(5-2)13-16-12(15)17-14(18-13)20-11-8-6-7-10(3)9-11/h10-11H,4-9H2,1-3H3,(H2,15,16,17,18). The third kappa shape index (κ3) is 3.98. The fraction of sp³-hybridized carbons (Fsp3) is 0.786. The number of hydrogen-bond donors (Lipinski definition) is 1. The summed E-state index contributed by atoms with van der Waals surface area (Å²) in [5.74, 6) is 1.84. The third-order valence-corrected chi connectivity index (χ3v) is 4.98. The first kappa shape index (κ1) is 15.4. The van der Waals surface area contributed by atoms with E-state index >= 15 is 0 Å². The van der Waals surface area contributed by atoms with Crippen LogP contribution >= 0.6 is 11.8 Å². The van der Waals surface area contributed by atoms with Gasteiger partial charge in [-0.1, -0.05) is 31.5 Å². The molecule has 2 N–H and O–H groups in total. The molecule has 1 fully saturated rings. The molecule has 1 aliphatic rings. The summed E-state index contributed by atoms with van der Waals surface area (Å²) in [7, 11) is 0. The Kier molecular flexibility index (Phi) is 5.46. The maximum absolute atomic E-state index is 5.84. The van der Waals surface area contributed by atoms with Crippen LogP contribution in [0.2, 0.25) is 0 Å². The summed E-state index contributed by atoms with van der Waals surface area (Å²) >= 11 is 1.77. The molecule has 2 rings (SSSR count). The van der Waals surface area contributed by atoms with E-state index < -0.39 is 0 Å². The van der Waals surface area contributed by atoms with Crippen LogP contribution in [0.15, 0.2) is 5.16 Å². The van der Waals surface area contributed by atoms with Gasteiger partial charge in [0.25, 0.3) is 0 Å². The van der Waals surface area contributed by atoms with Crippen molar-refractivity contribution in [2.24, 2.45) is 5.92 Å². The van der Waals surface area contributed by atoms with Crippen molar-refractivity contribution in [2.45, 2.75) is 56.9 Å². The maximum atomic E-state index is 5.84. The molecule has 1 aromatic heterocycles. The van der Waals surface area contributed by atoms with Crippen LogP contribution in [0.3, 0.4) is 0 Å². The molecule has 5 nitrogen and oxygen atoms in total. The Labute approximate surface area is 125 Å². The Morgan fingerprint density at radius 1 is 1.20 bits per heavy atom. The zero-order valence-electron chi connectivity index (χ0n) is 12.7. The molecule has 112 valence electrons. The Hall–Kier alpha value is -1.04. The van der Waals surface area contributed by atoms with Gasteiger partial charge in [0.1, 0.15) is 0 Å². The van der Waals surface area contributed by atoms with E-state index in [-0.39, 0.29) is 0 Å². The third-order valence-electron chi connectivity index (χ3n) is 3.83. The molecule has 0 spiro atoms. The van der Waals surface area contributed by atoms with Gasteiger partial charge < -0.3 is 10.6 Å². The molecule has 0 saturated heterocycles. The average Bonchev–Trinajstić information content (AvgIpc) is 2.39. The van der Waals surface area contributed by atoms with Crippen LogP contribution in [0.1, 0.15) is 46.5 Å². The number of hydrogen-bond acceptors (Lipinski definition) is 6. The van der Waals surface area contributed by atoms with Crippen molar-refractivity contribution in [3.8, 4) is 0 Å². The monoisotopic (exact) mass is 295 g/mol. The molecule has 2 unspecified atom stereocenters. The molecule has 0 aliphatic heterocycles. The summed E-state index contributed by atoms with van der Waals surface area (Å²) in [6.07, 6.45) is 5.15. The number of nitrogens with zero attached hydrogens (tertiary/aromatic N) is 4. The summed E-state index contributed by atoms with van der Waals surface area (Å²) in [5, 5.41) is 1.39. The second kappa shape index (κ2) is 7.11. The lowest BCUT2D eigenvalue weighted by Gasteiger charge is -2.26. The molecule has 0 bridgehead atoms. The van der Waals surface area contributed by atoms with Crippen molar-refractivity contribution in [2.75, 3.05) is 23.7 Å². The predicted octanol–water partition coefficient (Wildman–Crippen LogP) is 2.97. The van der Waals surface area contributed by atoms with Crippen LogP contribution in [-0.2, 0) is 0 Å². The molecule has 0 amide bonds. The quantitative estimate of drug-likeness (QED) is 0.900. The van der Waals surface area contributed by atoms with Crippen molar-refractivity contribution in [3.05, 3.63) is 0 Å². The predicted molar refractivity (Wildman–Crippen MR) is 85.1 cm³/mol. The summed E-state index contributed by atoms with van der Waals surface area (Å²) in [6.45, 7) is 8.28. The molecular formula is C14H25N5S. The van der Waals surface area contributed by atoms with Gasteiger partial charge in [-0.15, -0.1) is 0 Å². The van der Waals surface area contributed by atoms with E-state index in [1.165, 1.54) is 25.7 Å². The molecule has 1 heterocycles. The second-order valence-electron chi connectivity index (χ2n) is 5.46. The topological polar surface area (TPSA) is 67.9 Å². The highest BCUT2D eigenvalue weighted by Gasteiger charge is 2.21. The van der Waals surface area contributed by atoms with Gasteiger partial charge in [-0.25, -0.2) is 0 Å². The van der Waals surface area contributed by atoms with Gasteiger partial charge in [0.05, 0.1) is 0 Å². The van der Waals surface area contributed by atoms with E-state index in [9.17, 15) is 0 Å². The van der Waals surface area contributed by atoms with Crippen molar-refractivity contribution in [1.82, 2.24) is 15.0 Å². The second-order valence-corrected chi connectivity index (χ2v) is 6.73. The first-order valence-corrected chi connectivity index (χ1v) is 8.43. The minimum atomic E-state index is 0.327. The van der Waals surface area contributed by atoms with E-state index in [2.05, 4.69) is 40.6 Å². The normalized spacial score (nSPS) is 22.8. The van der Waals surface area contributed by atoms with E-state index in [1.54, 1.807) is 11.8 Å². The van der Waals surface area contributed by atoms with Crippen LogP contribution in [0.4, 0.5) is 11.9 Å². The van der Waals surface area contributed by atoms with Crippen LogP contribution in [0.25, 0.3) is 0 Å². The van der Waals surface area contributed by atoms with E-state index in [0.29, 0.717) is 17.1 Å². The number of aromatic nitrogens is 3. The Balaban J connectivity index is 2.11. The Morgan fingerprint density at radius 3 is 2.60 bits per heavy atom. The molecule has 1 saturated carbocycles. The van der Waals surface area contributed by atoms with Crippen molar-refractivity contribution >= 4 is 23.7 Å². The minimum Gasteiger partial charge on any atom is -0.368 e. The zero-order chi connectivity index (χ0) is 14.5. The van der Waals surface area contributed by atoms with Crippen molar-refractivity contribution in [1.29, 1.82) is 0 Å². The molecule has 1 aliphatic carbocycles. The first-order valence-electron chi connectivity index (χ1n) is 7.55. The maximum Gasteiger partial charge on any atom is 0.231 e. The smallest absolute Gasteiger partial charge is 0.231 e. The van der Waals surface area contributed by atoms with E-state index in [1.807, 2.05) is 0 Å². The van der Waals surface area contributed by atoms with Crippen LogP contribution in [0.5, 0.6) is 0 Å². The molecule has 2 atom stereocenters. The van der Waals surface area contributed by atoms with Gasteiger partial charge in [0.15, 0.2) is 5.16 Å². The molecule has 6 heteroatoms. The minimum absolute atomic E-state index is 0.327. The van der Waals surface area contributed by atoms with Gasteiger partial charge in [0.2, 0.25) is 11.9 Å². The highest BCUT2D eigenvalue weighted by molar-refractivity contribution is 7.99. The summed E-state index contributed by atoms with van der Waals surface area (Å²) < 4.78 is 0. The number of anilines is 2. The lowest BCUT2D eigenvalue weighted by atomic mass is 9.91. The SMILES string of the molecule is CCN(CC)c1nc(N)nc(SC2CCCC(C)C2)n1. The summed E-state index contributed by atoms with van der Waals surface area (Å²) in [4.78, 5) is 15.2. The van der Waals surface area contributed by atoms with E-state index in [4.69, 9.17) is 5.73 Å². The van der Waals surface area contributed by atoms with Gasteiger partial charge >= 0.3 is 0 Å². The average molecular weight is 295 g/mol. The number of thioether (sulfide) groups is 1. The van der Waals surface area contributed by atoms with Crippen molar-refractivity contribution in [3.63, 3.8) is 0 Å². The molecule has 1 aromatic rings. The van der Waals surface area contributed by atoms with Gasteiger partial charge in [-0.2, -0.15) is 15.0 Å². The van der Waals surface area contributed by atoms with Gasteiger partial charge in [0, 0.05) is 18.3 Å². The van der Waals surface area contributed by atoms with Gasteiger partial charge in [-0.05, 0) is 32.6 Å². The first-order chi connectivity index (χ1) is 9.62. The summed E-state index contributed by atoms with van der Waals surface area (Å²) in [6, 6.07) is 0. The Bertz CT molecular complexity index is 436. The molecule has 20 heavy (non-hydrogen) atoms. The highest BCUT2D eigenvalue weighted by Crippen LogP contribution is 2.35. The largest absolute Gasteiger partial charge is 0.368 e. The summed E-state index contributed by atoms with van der Waals surface area (Å²) in [5.41, 5.74) is 5.84. The number of nitrogens with two attached hydrogens (primary N) is 1. The Morgan fingerprint density at radius 2 is 1.95 bits per heavy atom. The zero-order valence-corrected chi connectivity index (χ0v) is 13.5. The van der Waals surface area contributed by atoms with Crippen LogP contribution in [0, 0.1) is 5.92 Å². The fourth-order valence-electron chi connectivity index (χ4n) is 2.70. The van der Waals surface area contributed by atoms with Gasteiger partial charge in [-0.3, -0.25) is 0 Å². The number of nitrogen functional groups attached to an aromatic ring is 1. The molecule has 0 aromatic carbocycles. The fourth-order valence-corrected chi connectivity index (χ4v) is 3.98.